The van der Waals surface area contributed by atoms with Gasteiger partial charge in [-0.2, -0.15) is 0 Å². The molecule has 182 valence electrons. The summed E-state index contributed by atoms with van der Waals surface area (Å²) in [7, 11) is 3.15. The number of nitrogens with one attached hydrogen (secondary N) is 1. The normalized spacial score (nSPS) is 17.1. The van der Waals surface area contributed by atoms with Gasteiger partial charge in [0.15, 0.2) is 0 Å². The van der Waals surface area contributed by atoms with Crippen LogP contribution >= 0.6 is 0 Å². The molecular weight excluding hydrogens is 456 g/mol. The Hall–Kier alpha value is -4.52. The van der Waals surface area contributed by atoms with Crippen LogP contribution in [-0.4, -0.2) is 40.9 Å². The quantitative estimate of drug-likeness (QED) is 0.226. The number of para-hydroxylation sites is 1. The SMILES string of the molecule is COc1ccc(CN2C(=O)C(=O)/C(=C(/O)c3ccc(OC)cc3C)C2c2c[nH]c3ccccc23)cc1. The van der Waals surface area contributed by atoms with Crippen molar-refractivity contribution in [1.82, 2.24) is 9.88 Å². The summed E-state index contributed by atoms with van der Waals surface area (Å²) in [5.41, 5.74) is 3.72. The molecule has 2 heterocycles. The minimum atomic E-state index is -0.773. The number of hydrogen-bond acceptors (Lipinski definition) is 5. The number of likely N-dealkylation sites (tertiary alicyclic amines) is 1. The second-order valence-corrected chi connectivity index (χ2v) is 8.75. The molecule has 5 rings (SSSR count). The number of methoxy groups -OCH3 is 2. The van der Waals surface area contributed by atoms with Crippen molar-refractivity contribution in [3.8, 4) is 11.5 Å². The second-order valence-electron chi connectivity index (χ2n) is 8.75. The Bertz CT molecular complexity index is 1500. The van der Waals surface area contributed by atoms with Crippen LogP contribution in [0.25, 0.3) is 16.7 Å². The lowest BCUT2D eigenvalue weighted by Crippen LogP contribution is -2.29. The molecule has 1 aliphatic heterocycles. The van der Waals surface area contributed by atoms with Crippen LogP contribution in [-0.2, 0) is 16.1 Å². The zero-order chi connectivity index (χ0) is 25.4. The van der Waals surface area contributed by atoms with Gasteiger partial charge in [0.1, 0.15) is 17.3 Å². The lowest BCUT2D eigenvalue weighted by atomic mass is 9.93. The number of rotatable bonds is 6. The molecule has 1 amide bonds. The summed E-state index contributed by atoms with van der Waals surface area (Å²) in [5.74, 6) is -0.248. The van der Waals surface area contributed by atoms with Gasteiger partial charge in [0.25, 0.3) is 11.7 Å². The van der Waals surface area contributed by atoms with Gasteiger partial charge in [-0.3, -0.25) is 9.59 Å². The monoisotopic (exact) mass is 482 g/mol. The van der Waals surface area contributed by atoms with Gasteiger partial charge in [-0.1, -0.05) is 30.3 Å². The average Bonchev–Trinajstić information content (AvgIpc) is 3.43. The van der Waals surface area contributed by atoms with Crippen LogP contribution in [0.2, 0.25) is 0 Å². The number of nitrogens with zero attached hydrogens (tertiary/aromatic N) is 1. The van der Waals surface area contributed by atoms with Gasteiger partial charge in [-0.05, 0) is 54.4 Å². The zero-order valence-electron chi connectivity index (χ0n) is 20.2. The molecule has 0 saturated carbocycles. The van der Waals surface area contributed by atoms with E-state index in [4.69, 9.17) is 9.47 Å². The molecule has 4 aromatic rings. The highest BCUT2D eigenvalue weighted by Gasteiger charge is 2.47. The van der Waals surface area contributed by atoms with Crippen molar-refractivity contribution >= 4 is 28.4 Å². The lowest BCUT2D eigenvalue weighted by molar-refractivity contribution is -0.140. The number of fused-ring (bicyclic) bond motifs is 1. The van der Waals surface area contributed by atoms with Crippen LogP contribution in [0.15, 0.2) is 78.5 Å². The van der Waals surface area contributed by atoms with Crippen LogP contribution in [0.3, 0.4) is 0 Å². The number of aromatic amines is 1. The number of amides is 1. The summed E-state index contributed by atoms with van der Waals surface area (Å²) in [5, 5.41) is 12.3. The number of hydrogen-bond donors (Lipinski definition) is 2. The van der Waals surface area contributed by atoms with E-state index in [-0.39, 0.29) is 17.9 Å². The Labute approximate surface area is 208 Å². The van der Waals surface area contributed by atoms with Gasteiger partial charge in [0.05, 0.1) is 25.8 Å². The fraction of sp³-hybridized carbons (Fsp3) is 0.172. The van der Waals surface area contributed by atoms with Gasteiger partial charge >= 0.3 is 0 Å². The summed E-state index contributed by atoms with van der Waals surface area (Å²) in [4.78, 5) is 31.6. The van der Waals surface area contributed by atoms with Crippen molar-refractivity contribution in [2.45, 2.75) is 19.5 Å². The molecule has 1 aliphatic rings. The molecule has 36 heavy (non-hydrogen) atoms. The number of Topliss-reactive ketones (excluding diaryl/α,β-unsaturated/α-hetero) is 1. The third-order valence-electron chi connectivity index (χ3n) is 6.66. The fourth-order valence-electron chi connectivity index (χ4n) is 4.79. The summed E-state index contributed by atoms with van der Waals surface area (Å²) in [6, 6.07) is 19.5. The highest BCUT2D eigenvalue weighted by molar-refractivity contribution is 6.46. The van der Waals surface area contributed by atoms with E-state index in [0.717, 1.165) is 27.6 Å². The Morgan fingerprint density at radius 2 is 1.67 bits per heavy atom. The summed E-state index contributed by atoms with van der Waals surface area (Å²) in [6.07, 6.45) is 1.80. The highest BCUT2D eigenvalue weighted by atomic mass is 16.5. The van der Waals surface area contributed by atoms with Gasteiger partial charge < -0.3 is 24.5 Å². The van der Waals surface area contributed by atoms with Crippen molar-refractivity contribution in [3.63, 3.8) is 0 Å². The molecule has 7 heteroatoms. The maximum absolute atomic E-state index is 13.4. The predicted molar refractivity (Wildman–Crippen MR) is 137 cm³/mol. The lowest BCUT2D eigenvalue weighted by Gasteiger charge is -2.25. The molecule has 1 fully saturated rings. The van der Waals surface area contributed by atoms with Gasteiger partial charge in [0, 0.05) is 34.8 Å². The maximum atomic E-state index is 13.4. The van der Waals surface area contributed by atoms with Gasteiger partial charge in [0.2, 0.25) is 0 Å². The van der Waals surface area contributed by atoms with E-state index in [2.05, 4.69) is 4.98 Å². The molecule has 0 aliphatic carbocycles. The number of aliphatic hydroxyl groups excluding tert-OH is 1. The largest absolute Gasteiger partial charge is 0.507 e. The molecule has 1 saturated heterocycles. The van der Waals surface area contributed by atoms with Crippen LogP contribution in [0.5, 0.6) is 11.5 Å². The molecule has 0 spiro atoms. The predicted octanol–water partition coefficient (Wildman–Crippen LogP) is 5.12. The van der Waals surface area contributed by atoms with Crippen LogP contribution < -0.4 is 9.47 Å². The first-order valence-corrected chi connectivity index (χ1v) is 11.5. The first-order valence-electron chi connectivity index (χ1n) is 11.5. The summed E-state index contributed by atoms with van der Waals surface area (Å²) < 4.78 is 10.5. The number of aromatic nitrogens is 1. The molecule has 2 N–H and O–H groups in total. The number of ketones is 1. The van der Waals surface area contributed by atoms with E-state index in [0.29, 0.717) is 17.1 Å². The van der Waals surface area contributed by atoms with Crippen molar-refractivity contribution in [2.24, 2.45) is 0 Å². The molecular formula is C29H26N2O5. The van der Waals surface area contributed by atoms with Gasteiger partial charge in [-0.25, -0.2) is 0 Å². The van der Waals surface area contributed by atoms with E-state index in [1.165, 1.54) is 4.90 Å². The van der Waals surface area contributed by atoms with Crippen molar-refractivity contribution in [3.05, 3.63) is 101 Å². The number of aryl methyl sites for hydroxylation is 1. The Morgan fingerprint density at radius 1 is 0.972 bits per heavy atom. The molecule has 1 aromatic heterocycles. The average molecular weight is 483 g/mol. The van der Waals surface area contributed by atoms with Crippen LogP contribution in [0.4, 0.5) is 0 Å². The molecule has 1 unspecified atom stereocenters. The number of aliphatic hydroxyl groups is 1. The molecule has 0 bridgehead atoms. The molecule has 3 aromatic carbocycles. The zero-order valence-corrected chi connectivity index (χ0v) is 20.2. The molecule has 7 nitrogen and oxygen atoms in total. The van der Waals surface area contributed by atoms with Crippen molar-refractivity contribution < 1.29 is 24.2 Å². The fourth-order valence-corrected chi connectivity index (χ4v) is 4.79. The van der Waals surface area contributed by atoms with Crippen LogP contribution in [0.1, 0.15) is 28.3 Å². The Kier molecular flexibility index (Phi) is 5.98. The minimum Gasteiger partial charge on any atom is -0.507 e. The third kappa shape index (κ3) is 3.88. The maximum Gasteiger partial charge on any atom is 0.295 e. The smallest absolute Gasteiger partial charge is 0.295 e. The number of carbonyl (C=O) groups is 2. The van der Waals surface area contributed by atoms with Crippen molar-refractivity contribution in [2.75, 3.05) is 14.2 Å². The van der Waals surface area contributed by atoms with Crippen molar-refractivity contribution in [1.29, 1.82) is 0 Å². The van der Waals surface area contributed by atoms with E-state index >= 15 is 0 Å². The summed E-state index contributed by atoms with van der Waals surface area (Å²) in [6.45, 7) is 2.02. The van der Waals surface area contributed by atoms with E-state index in [9.17, 15) is 14.7 Å². The number of carbonyl (C=O) groups excluding carboxylic acids is 2. The third-order valence-corrected chi connectivity index (χ3v) is 6.66. The van der Waals surface area contributed by atoms with Gasteiger partial charge in [-0.15, -0.1) is 0 Å². The topological polar surface area (TPSA) is 91.9 Å². The van der Waals surface area contributed by atoms with E-state index < -0.39 is 17.7 Å². The molecule has 0 radical (unpaired) electrons. The highest BCUT2D eigenvalue weighted by Crippen LogP contribution is 2.43. The number of H-pyrrole nitrogens is 1. The second kappa shape index (κ2) is 9.26. The summed E-state index contributed by atoms with van der Waals surface area (Å²) >= 11 is 0. The van der Waals surface area contributed by atoms with E-state index in [1.807, 2.05) is 55.5 Å². The first-order chi connectivity index (χ1) is 17.4. The minimum absolute atomic E-state index is 0.0616. The Balaban J connectivity index is 1.68. The number of benzene rings is 3. The van der Waals surface area contributed by atoms with Crippen LogP contribution in [0, 0.1) is 6.92 Å². The first kappa shape index (κ1) is 23.2. The molecule has 1 atom stereocenters. The standard InChI is InChI=1S/C29H26N2O5/c1-17-14-20(36-3)12-13-21(17)27(32)25-26(23-15-30-24-7-5-4-6-22(23)24)31(29(34)28(25)33)16-18-8-10-19(35-2)11-9-18/h4-15,26,30,32H,16H2,1-3H3/b27-25+. The Morgan fingerprint density at radius 3 is 2.36 bits per heavy atom. The number of ether oxygens (including phenoxy) is 2. The van der Waals surface area contributed by atoms with E-state index in [1.54, 1.807) is 38.6 Å².